The maximum Gasteiger partial charge on any atom is 0.319 e. The van der Waals surface area contributed by atoms with E-state index in [2.05, 4.69) is 15.5 Å². The Bertz CT molecular complexity index is 710. The van der Waals surface area contributed by atoms with Gasteiger partial charge >= 0.3 is 6.03 Å². The minimum atomic E-state index is -0.242. The predicted molar refractivity (Wildman–Crippen MR) is 114 cm³/mol. The first kappa shape index (κ1) is 21.1. The van der Waals surface area contributed by atoms with Gasteiger partial charge in [0.2, 0.25) is 0 Å². The van der Waals surface area contributed by atoms with E-state index in [4.69, 9.17) is 9.47 Å². The van der Waals surface area contributed by atoms with Crippen LogP contribution in [-0.2, 0) is 9.47 Å². The second-order valence-electron chi connectivity index (χ2n) is 8.25. The molecular formula is C22H32N4O4. The van der Waals surface area contributed by atoms with Crippen molar-refractivity contribution in [3.63, 3.8) is 0 Å². The number of nitrogens with zero attached hydrogens (tertiary/aromatic N) is 2. The predicted octanol–water partition coefficient (Wildman–Crippen LogP) is 1.78. The van der Waals surface area contributed by atoms with Crippen LogP contribution < -0.4 is 10.6 Å². The number of nitrogens with one attached hydrogen (secondary N) is 2. The lowest BCUT2D eigenvalue weighted by Crippen LogP contribution is -2.48. The number of anilines is 1. The van der Waals surface area contributed by atoms with Crippen molar-refractivity contribution < 1.29 is 19.1 Å². The number of urea groups is 1. The molecule has 30 heavy (non-hydrogen) atoms. The van der Waals surface area contributed by atoms with E-state index >= 15 is 0 Å². The lowest BCUT2D eigenvalue weighted by atomic mass is 9.97. The van der Waals surface area contributed by atoms with Crippen molar-refractivity contribution in [3.05, 3.63) is 29.8 Å². The number of rotatable bonds is 6. The third-order valence-corrected chi connectivity index (χ3v) is 6.26. The van der Waals surface area contributed by atoms with Crippen molar-refractivity contribution in [2.24, 2.45) is 5.92 Å². The molecule has 8 nitrogen and oxygen atoms in total. The summed E-state index contributed by atoms with van der Waals surface area (Å²) in [5, 5.41) is 5.92. The first-order valence-corrected chi connectivity index (χ1v) is 11.0. The van der Waals surface area contributed by atoms with E-state index in [-0.39, 0.29) is 11.9 Å². The van der Waals surface area contributed by atoms with Crippen molar-refractivity contribution >= 4 is 17.6 Å². The van der Waals surface area contributed by atoms with E-state index in [1.165, 1.54) is 12.8 Å². The summed E-state index contributed by atoms with van der Waals surface area (Å²) in [6.07, 6.45) is 3.50. The Morgan fingerprint density at radius 2 is 1.87 bits per heavy atom. The van der Waals surface area contributed by atoms with Gasteiger partial charge in [-0.1, -0.05) is 6.07 Å². The molecule has 0 saturated carbocycles. The smallest absolute Gasteiger partial charge is 0.319 e. The summed E-state index contributed by atoms with van der Waals surface area (Å²) in [6.45, 7) is 6.70. The fourth-order valence-electron chi connectivity index (χ4n) is 4.57. The molecule has 3 heterocycles. The van der Waals surface area contributed by atoms with Gasteiger partial charge in [-0.05, 0) is 50.6 Å². The van der Waals surface area contributed by atoms with Crippen LogP contribution in [-0.4, -0.2) is 86.9 Å². The summed E-state index contributed by atoms with van der Waals surface area (Å²) in [4.78, 5) is 29.5. The van der Waals surface area contributed by atoms with E-state index in [9.17, 15) is 9.59 Å². The molecule has 3 saturated heterocycles. The molecule has 0 aromatic heterocycles. The van der Waals surface area contributed by atoms with E-state index < -0.39 is 0 Å². The van der Waals surface area contributed by atoms with Crippen LogP contribution in [0.5, 0.6) is 0 Å². The zero-order valence-corrected chi connectivity index (χ0v) is 17.5. The molecule has 164 valence electrons. The maximum absolute atomic E-state index is 12.7. The molecule has 2 atom stereocenters. The second-order valence-corrected chi connectivity index (χ2v) is 8.25. The Labute approximate surface area is 177 Å². The number of amides is 3. The van der Waals surface area contributed by atoms with E-state index in [0.717, 1.165) is 32.7 Å². The average Bonchev–Trinajstić information content (AvgIpc) is 3.49. The molecule has 0 bridgehead atoms. The summed E-state index contributed by atoms with van der Waals surface area (Å²) in [7, 11) is 0. The van der Waals surface area contributed by atoms with E-state index in [1.54, 1.807) is 29.2 Å². The summed E-state index contributed by atoms with van der Waals surface area (Å²) < 4.78 is 10.9. The van der Waals surface area contributed by atoms with E-state index in [1.807, 2.05) is 0 Å². The number of hydrogen-bond donors (Lipinski definition) is 2. The van der Waals surface area contributed by atoms with Gasteiger partial charge in [0.25, 0.3) is 5.91 Å². The molecule has 0 spiro atoms. The van der Waals surface area contributed by atoms with Crippen molar-refractivity contribution in [1.82, 2.24) is 15.1 Å². The fourth-order valence-corrected chi connectivity index (χ4v) is 4.57. The highest BCUT2D eigenvalue weighted by Crippen LogP contribution is 2.24. The zero-order valence-electron chi connectivity index (χ0n) is 17.5. The van der Waals surface area contributed by atoms with Gasteiger partial charge in [-0.25, -0.2) is 4.79 Å². The largest absolute Gasteiger partial charge is 0.381 e. The van der Waals surface area contributed by atoms with Crippen LogP contribution in [0.25, 0.3) is 0 Å². The Kier molecular flexibility index (Phi) is 7.20. The lowest BCUT2D eigenvalue weighted by molar-refractivity contribution is 0.0303. The van der Waals surface area contributed by atoms with Crippen molar-refractivity contribution in [3.8, 4) is 0 Å². The standard InChI is InChI=1S/C22H32N4O4/c27-21(26-9-12-29-13-10-26)17-4-3-5-19(14-17)24-22(28)23-15-20(18-6-11-30-16-18)25-7-1-2-8-25/h3-5,14,18,20H,1-2,6-13,15-16H2,(H2,23,24,28)/t18-,20-/m1/s1. The minimum absolute atomic E-state index is 0.0299. The molecule has 3 aliphatic rings. The number of likely N-dealkylation sites (tertiary alicyclic amines) is 1. The average molecular weight is 417 g/mol. The van der Waals surface area contributed by atoms with Gasteiger partial charge in [-0.15, -0.1) is 0 Å². The maximum atomic E-state index is 12.7. The van der Waals surface area contributed by atoms with Gasteiger partial charge in [0, 0.05) is 49.5 Å². The van der Waals surface area contributed by atoms with Gasteiger partial charge in [0.15, 0.2) is 0 Å². The fraction of sp³-hybridized carbons (Fsp3) is 0.636. The number of hydrogen-bond acceptors (Lipinski definition) is 5. The molecule has 8 heteroatoms. The number of morpholine rings is 1. The van der Waals surface area contributed by atoms with Crippen molar-refractivity contribution in [2.75, 3.05) is 64.5 Å². The SMILES string of the molecule is O=C(NC[C@H]([C@@H]1CCOC1)N1CCCC1)Nc1cccc(C(=O)N2CCOCC2)c1. The van der Waals surface area contributed by atoms with Crippen LogP contribution in [0.4, 0.5) is 10.5 Å². The highest BCUT2D eigenvalue weighted by molar-refractivity contribution is 5.97. The molecular weight excluding hydrogens is 384 g/mol. The van der Waals surface area contributed by atoms with Crippen LogP contribution in [0.15, 0.2) is 24.3 Å². The molecule has 2 N–H and O–H groups in total. The lowest BCUT2D eigenvalue weighted by Gasteiger charge is -2.32. The quantitative estimate of drug-likeness (QED) is 0.739. The van der Waals surface area contributed by atoms with Gasteiger partial charge in [0.05, 0.1) is 19.8 Å². The number of carbonyl (C=O) groups excluding carboxylic acids is 2. The highest BCUT2D eigenvalue weighted by atomic mass is 16.5. The molecule has 3 amide bonds. The summed E-state index contributed by atoms with van der Waals surface area (Å²) >= 11 is 0. The monoisotopic (exact) mass is 416 g/mol. The molecule has 3 fully saturated rings. The normalized spacial score (nSPS) is 23.3. The third kappa shape index (κ3) is 5.30. The Hall–Kier alpha value is -2.16. The number of benzene rings is 1. The first-order chi connectivity index (χ1) is 14.7. The molecule has 0 unspecified atom stereocenters. The van der Waals surface area contributed by atoms with Crippen LogP contribution in [0.2, 0.25) is 0 Å². The molecule has 4 rings (SSSR count). The molecule has 0 radical (unpaired) electrons. The number of ether oxygens (including phenoxy) is 2. The van der Waals surface area contributed by atoms with Crippen LogP contribution in [0.1, 0.15) is 29.6 Å². The highest BCUT2D eigenvalue weighted by Gasteiger charge is 2.32. The van der Waals surface area contributed by atoms with E-state index in [0.29, 0.717) is 56.1 Å². The topological polar surface area (TPSA) is 83.1 Å². The van der Waals surface area contributed by atoms with Crippen molar-refractivity contribution in [1.29, 1.82) is 0 Å². The minimum Gasteiger partial charge on any atom is -0.381 e. The molecule has 1 aromatic carbocycles. The Balaban J connectivity index is 1.32. The third-order valence-electron chi connectivity index (χ3n) is 6.26. The second kappa shape index (κ2) is 10.2. The zero-order chi connectivity index (χ0) is 20.8. The van der Waals surface area contributed by atoms with Gasteiger partial charge < -0.3 is 25.0 Å². The first-order valence-electron chi connectivity index (χ1n) is 11.0. The summed E-state index contributed by atoms with van der Waals surface area (Å²) in [5.41, 5.74) is 1.20. The molecule has 0 aliphatic carbocycles. The number of carbonyl (C=O) groups is 2. The Morgan fingerprint density at radius 3 is 2.60 bits per heavy atom. The van der Waals surface area contributed by atoms with Gasteiger partial charge in [-0.2, -0.15) is 0 Å². The summed E-state index contributed by atoms with van der Waals surface area (Å²) in [5.74, 6) is 0.440. The molecule has 1 aromatic rings. The van der Waals surface area contributed by atoms with Crippen LogP contribution >= 0.6 is 0 Å². The van der Waals surface area contributed by atoms with Gasteiger partial charge in [0.1, 0.15) is 0 Å². The summed E-state index contributed by atoms with van der Waals surface area (Å²) in [6, 6.07) is 7.19. The van der Waals surface area contributed by atoms with Gasteiger partial charge in [-0.3, -0.25) is 9.69 Å². The Morgan fingerprint density at radius 1 is 1.07 bits per heavy atom. The van der Waals surface area contributed by atoms with Crippen molar-refractivity contribution in [2.45, 2.75) is 25.3 Å². The van der Waals surface area contributed by atoms with Crippen LogP contribution in [0.3, 0.4) is 0 Å². The molecule has 3 aliphatic heterocycles. The van der Waals surface area contributed by atoms with Crippen LogP contribution in [0, 0.1) is 5.92 Å².